The number of piperidine rings is 2. The summed E-state index contributed by atoms with van der Waals surface area (Å²) >= 11 is 0. The first-order valence-corrected chi connectivity index (χ1v) is 29.7. The van der Waals surface area contributed by atoms with Crippen molar-refractivity contribution in [2.45, 2.75) is 97.0 Å². The molecule has 0 atom stereocenters. The Kier molecular flexibility index (Phi) is 26.9. The Labute approximate surface area is 506 Å². The summed E-state index contributed by atoms with van der Waals surface area (Å²) in [7, 11) is 4.34. The zero-order valence-electron chi connectivity index (χ0n) is 51.1. The average Bonchev–Trinajstić information content (AvgIpc) is 3.68. The van der Waals surface area contributed by atoms with Gasteiger partial charge in [-0.15, -0.1) is 0 Å². The van der Waals surface area contributed by atoms with Crippen LogP contribution in [0.1, 0.15) is 74.3 Å². The fraction of sp³-hybridized carbons (Fsp3) is 0.557. The molecule has 0 aliphatic carbocycles. The van der Waals surface area contributed by atoms with E-state index in [1.165, 1.54) is 42.0 Å². The Morgan fingerprint density at radius 3 is 1.15 bits per heavy atom. The Bertz CT molecular complexity index is 2730. The fourth-order valence-corrected chi connectivity index (χ4v) is 10.7. The maximum absolute atomic E-state index is 12.2. The minimum absolute atomic E-state index is 0.0876. The number of aromatic nitrogens is 5. The SMILES string of the molecule is CC(=O)N1CCN(Cc2ccc(N)nc2)CC1.CC(C)(O)C1CCN(Cc2ccc(N)nc2)CC1.CN(C)C1CCN(Cc2ccc(N)nc2)CC1.Nc1ccc(CN2CCN(CC(F)(F)F)CC2)cn1.Nc1ccc(CN2CCNC(=O)C2)cn1. The van der Waals surface area contributed by atoms with E-state index in [1.54, 1.807) is 31.5 Å². The lowest BCUT2D eigenvalue weighted by Gasteiger charge is -2.37. The van der Waals surface area contributed by atoms with Crippen molar-refractivity contribution in [2.24, 2.45) is 5.92 Å². The number of halogens is 3. The zero-order chi connectivity index (χ0) is 62.2. The molecule has 0 saturated carbocycles. The third kappa shape index (κ3) is 25.6. The maximum atomic E-state index is 12.2. The molecular weight excluding hydrogens is 1100 g/mol. The van der Waals surface area contributed by atoms with Gasteiger partial charge < -0.3 is 48.9 Å². The molecule has 5 aliphatic heterocycles. The number of carbonyl (C=O) groups is 2. The highest BCUT2D eigenvalue weighted by atomic mass is 19.4. The quantitative estimate of drug-likeness (QED) is 0.0873. The second kappa shape index (κ2) is 33.9. The van der Waals surface area contributed by atoms with Crippen LogP contribution in [0, 0.1) is 5.92 Å². The number of piperazine rings is 3. The van der Waals surface area contributed by atoms with Gasteiger partial charge in [-0.2, -0.15) is 13.2 Å². The molecule has 86 heavy (non-hydrogen) atoms. The van der Waals surface area contributed by atoms with Crippen LogP contribution in [-0.4, -0.2) is 218 Å². The number of amides is 2. The molecule has 25 heteroatoms. The van der Waals surface area contributed by atoms with Crippen LogP contribution < -0.4 is 34.0 Å². The number of hydrogen-bond donors (Lipinski definition) is 7. The van der Waals surface area contributed by atoms with Crippen LogP contribution >= 0.6 is 0 Å². The number of hydrogen-bond acceptors (Lipinski definition) is 20. The molecular formula is C61H94F3N19O3. The molecule has 472 valence electrons. The Balaban J connectivity index is 0.000000172. The number of alkyl halides is 3. The first kappa shape index (κ1) is 68.3. The highest BCUT2D eigenvalue weighted by Gasteiger charge is 2.33. The number of nitrogens with two attached hydrogens (primary N) is 5. The number of rotatable bonds is 13. The van der Waals surface area contributed by atoms with E-state index >= 15 is 0 Å². The lowest BCUT2D eigenvalue weighted by Crippen LogP contribution is -2.48. The molecule has 0 spiro atoms. The molecule has 12 N–H and O–H groups in total. The van der Waals surface area contributed by atoms with E-state index in [4.69, 9.17) is 28.7 Å². The second-order valence-electron chi connectivity index (χ2n) is 23.6. The lowest BCUT2D eigenvalue weighted by atomic mass is 9.83. The Hall–Kier alpha value is -6.84. The number of nitrogen functional groups attached to an aromatic ring is 5. The summed E-state index contributed by atoms with van der Waals surface area (Å²) < 4.78 is 36.7. The number of likely N-dealkylation sites (tertiary alicyclic amines) is 2. The van der Waals surface area contributed by atoms with Crippen LogP contribution in [-0.2, 0) is 42.3 Å². The molecule has 5 saturated heterocycles. The summed E-state index contributed by atoms with van der Waals surface area (Å²) in [5, 5.41) is 12.8. The van der Waals surface area contributed by atoms with Crippen molar-refractivity contribution in [3.8, 4) is 0 Å². The summed E-state index contributed by atoms with van der Waals surface area (Å²) in [6.07, 6.45) is 9.53. The molecule has 5 aromatic rings. The minimum atomic E-state index is -4.11. The lowest BCUT2D eigenvalue weighted by molar-refractivity contribution is -0.149. The molecule has 0 aromatic carbocycles. The molecule has 2 amide bonds. The van der Waals surface area contributed by atoms with E-state index in [0.717, 1.165) is 114 Å². The van der Waals surface area contributed by atoms with E-state index in [-0.39, 0.29) is 11.8 Å². The first-order chi connectivity index (χ1) is 40.9. The van der Waals surface area contributed by atoms with Crippen LogP contribution in [0.25, 0.3) is 0 Å². The Morgan fingerprint density at radius 2 is 0.849 bits per heavy atom. The highest BCUT2D eigenvalue weighted by molar-refractivity contribution is 5.78. The van der Waals surface area contributed by atoms with Crippen LogP contribution in [0.4, 0.5) is 42.3 Å². The van der Waals surface area contributed by atoms with Gasteiger partial charge in [-0.05, 0) is 144 Å². The summed E-state index contributed by atoms with van der Waals surface area (Å²) in [6, 6.07) is 19.7. The van der Waals surface area contributed by atoms with E-state index < -0.39 is 18.3 Å². The fourth-order valence-electron chi connectivity index (χ4n) is 10.7. The van der Waals surface area contributed by atoms with Crippen molar-refractivity contribution >= 4 is 40.9 Å². The second-order valence-corrected chi connectivity index (χ2v) is 23.6. The molecule has 5 aromatic heterocycles. The van der Waals surface area contributed by atoms with Gasteiger partial charge in [-0.3, -0.25) is 39.0 Å². The largest absolute Gasteiger partial charge is 0.401 e. The molecule has 22 nitrogen and oxygen atoms in total. The number of pyridine rings is 5. The maximum Gasteiger partial charge on any atom is 0.401 e. The van der Waals surface area contributed by atoms with Crippen molar-refractivity contribution in [1.29, 1.82) is 0 Å². The van der Waals surface area contributed by atoms with Crippen molar-refractivity contribution in [3.63, 3.8) is 0 Å². The third-order valence-corrected chi connectivity index (χ3v) is 15.9. The van der Waals surface area contributed by atoms with E-state index in [9.17, 15) is 27.9 Å². The van der Waals surface area contributed by atoms with Gasteiger partial charge >= 0.3 is 6.18 Å². The molecule has 0 radical (unpaired) electrons. The number of nitrogens with one attached hydrogen (secondary N) is 1. The normalized spacial score (nSPS) is 18.3. The number of carbonyl (C=O) groups excluding carboxylic acids is 2. The minimum Gasteiger partial charge on any atom is -0.390 e. The standard InChI is InChI=1S/C14H23N3O.C13H22N4.C12H17F3N4.C12H18N4O.C10H14N4O/c1-14(2,18)12-5-7-17(8-6-12)10-11-3-4-13(15)16-9-11;1-16(2)12-5-7-17(8-6-12)10-11-3-4-13(14)15-9-11;13-12(14,15)9-19-5-3-18(4-6-19)8-10-1-2-11(16)17-7-10;1-10(17)16-6-4-15(5-7-16)9-11-2-3-12(13)14-8-11;11-9-2-1-8(5-13-9)6-14-4-3-12-10(15)7-14/h3-4,9,12,18H,5-8,10H2,1-2H3,(H2,15,16);3-4,9,12H,5-8,10H2,1-2H3,(H2,14,15);1-2,7H,3-6,8-9H2,(H2,16,17);2-3,8H,4-7,9H2,1H3,(H2,13,14);1-2,5H,3-4,6-7H2,(H2,11,13)(H,12,15). The highest BCUT2D eigenvalue weighted by Crippen LogP contribution is 2.28. The summed E-state index contributed by atoms with van der Waals surface area (Å²) in [5.74, 6) is 3.38. The van der Waals surface area contributed by atoms with Crippen LogP contribution in [0.5, 0.6) is 0 Å². The molecule has 5 aliphatic rings. The smallest absolute Gasteiger partial charge is 0.390 e. The Morgan fingerprint density at radius 1 is 0.523 bits per heavy atom. The van der Waals surface area contributed by atoms with Crippen LogP contribution in [0.2, 0.25) is 0 Å². The third-order valence-electron chi connectivity index (χ3n) is 15.9. The van der Waals surface area contributed by atoms with E-state index in [2.05, 4.69) is 79.8 Å². The molecule has 5 fully saturated rings. The van der Waals surface area contributed by atoms with Crippen LogP contribution in [0.3, 0.4) is 0 Å². The predicted octanol–water partition coefficient (Wildman–Crippen LogP) is 4.10. The average molecular weight is 1200 g/mol. The summed E-state index contributed by atoms with van der Waals surface area (Å²) in [5.41, 5.74) is 32.9. The van der Waals surface area contributed by atoms with Gasteiger partial charge in [0.05, 0.1) is 18.7 Å². The van der Waals surface area contributed by atoms with Gasteiger partial charge in [0.1, 0.15) is 29.1 Å². The molecule has 0 unspecified atom stereocenters. The monoisotopic (exact) mass is 1200 g/mol. The van der Waals surface area contributed by atoms with Crippen molar-refractivity contribution in [2.75, 3.05) is 147 Å². The first-order valence-electron chi connectivity index (χ1n) is 29.7. The number of nitrogens with zero attached hydrogens (tertiary/aromatic N) is 13. The van der Waals surface area contributed by atoms with Gasteiger partial charge in [-0.25, -0.2) is 24.9 Å². The molecule has 10 heterocycles. The topological polar surface area (TPSA) is 287 Å². The van der Waals surface area contributed by atoms with Gasteiger partial charge in [0.25, 0.3) is 0 Å². The van der Waals surface area contributed by atoms with Gasteiger partial charge in [0.2, 0.25) is 11.8 Å². The van der Waals surface area contributed by atoms with Crippen molar-refractivity contribution < 1.29 is 27.9 Å². The zero-order valence-corrected chi connectivity index (χ0v) is 51.1. The van der Waals surface area contributed by atoms with Gasteiger partial charge in [0.15, 0.2) is 0 Å². The van der Waals surface area contributed by atoms with Crippen molar-refractivity contribution in [1.82, 2.24) is 69.4 Å². The van der Waals surface area contributed by atoms with E-state index in [1.807, 2.05) is 79.8 Å². The van der Waals surface area contributed by atoms with Crippen molar-refractivity contribution in [3.05, 3.63) is 119 Å². The van der Waals surface area contributed by atoms with E-state index in [0.29, 0.717) is 74.3 Å². The van der Waals surface area contributed by atoms with Crippen LogP contribution in [0.15, 0.2) is 91.6 Å². The molecule has 10 rings (SSSR count). The predicted molar refractivity (Wildman–Crippen MR) is 333 cm³/mol. The summed E-state index contributed by atoms with van der Waals surface area (Å²) in [6.45, 7) is 21.0. The number of anilines is 5. The summed E-state index contributed by atoms with van der Waals surface area (Å²) in [4.78, 5) is 59.8. The van der Waals surface area contributed by atoms with Gasteiger partial charge in [0, 0.05) is 142 Å². The number of aliphatic hydroxyl groups is 1. The molecule has 0 bridgehead atoms. The van der Waals surface area contributed by atoms with Gasteiger partial charge in [-0.1, -0.05) is 30.3 Å².